The van der Waals surface area contributed by atoms with Gasteiger partial charge in [-0.2, -0.15) is 0 Å². The number of hydrogen-bond acceptors (Lipinski definition) is 9. The summed E-state index contributed by atoms with van der Waals surface area (Å²) in [5.74, 6) is -0.613. The van der Waals surface area contributed by atoms with Gasteiger partial charge in [-0.05, 0) is 24.6 Å². The fourth-order valence-electron chi connectivity index (χ4n) is 3.16. The molecule has 1 aromatic carbocycles. The lowest BCUT2D eigenvalue weighted by molar-refractivity contribution is -0.150. The summed E-state index contributed by atoms with van der Waals surface area (Å²) in [6.07, 6.45) is 0. The summed E-state index contributed by atoms with van der Waals surface area (Å²) in [6, 6.07) is 8.11. The topological polar surface area (TPSA) is 122 Å². The minimum Gasteiger partial charge on any atom is -0.484 e. The highest BCUT2D eigenvalue weighted by Gasteiger charge is 2.54. The normalized spacial score (nSPS) is 20.2. The van der Waals surface area contributed by atoms with Crippen LogP contribution in [0.15, 0.2) is 45.9 Å². The van der Waals surface area contributed by atoms with Crippen molar-refractivity contribution in [1.82, 2.24) is 20.4 Å². The molecule has 2 aliphatic heterocycles. The molecule has 2 atom stereocenters. The van der Waals surface area contributed by atoms with Crippen LogP contribution in [0.2, 0.25) is 0 Å². The molecule has 1 fully saturated rings. The fourth-order valence-corrected chi connectivity index (χ4v) is 6.46. The zero-order valence-corrected chi connectivity index (χ0v) is 18.8. The highest BCUT2D eigenvalue weighted by Crippen LogP contribution is 2.41. The highest BCUT2D eigenvalue weighted by atomic mass is 32.2. The largest absolute Gasteiger partial charge is 0.484 e. The quantitative estimate of drug-likeness (QED) is 0.432. The number of benzene rings is 1. The van der Waals surface area contributed by atoms with Crippen LogP contribution in [-0.4, -0.2) is 67.5 Å². The van der Waals surface area contributed by atoms with Crippen molar-refractivity contribution in [3.8, 4) is 5.75 Å². The molecule has 2 aliphatic rings. The zero-order chi connectivity index (χ0) is 22.0. The van der Waals surface area contributed by atoms with Crippen molar-refractivity contribution in [3.05, 3.63) is 46.6 Å². The van der Waals surface area contributed by atoms with Crippen LogP contribution in [0.1, 0.15) is 5.01 Å². The van der Waals surface area contributed by atoms with Gasteiger partial charge in [0.2, 0.25) is 0 Å². The van der Waals surface area contributed by atoms with Gasteiger partial charge < -0.3 is 15.2 Å². The lowest BCUT2D eigenvalue weighted by atomic mass is 10.0. The van der Waals surface area contributed by atoms with Gasteiger partial charge in [-0.25, -0.2) is 4.79 Å². The number of aromatic nitrogens is 2. The fraction of sp³-hybridized carbons (Fsp3) is 0.316. The minimum atomic E-state index is -1.15. The summed E-state index contributed by atoms with van der Waals surface area (Å²) in [4.78, 5) is 38.1. The van der Waals surface area contributed by atoms with E-state index in [0.29, 0.717) is 22.8 Å². The first-order chi connectivity index (χ1) is 14.9. The smallest absolute Gasteiger partial charge is 0.352 e. The van der Waals surface area contributed by atoms with Crippen LogP contribution in [0.25, 0.3) is 0 Å². The Bertz CT molecular complexity index is 1040. The van der Waals surface area contributed by atoms with Crippen LogP contribution in [0.4, 0.5) is 0 Å². The zero-order valence-electron chi connectivity index (χ0n) is 16.3. The third-order valence-electron chi connectivity index (χ3n) is 4.56. The summed E-state index contributed by atoms with van der Waals surface area (Å²) in [5.41, 5.74) is 0.644. The number of aliphatic carboxylic acids is 1. The van der Waals surface area contributed by atoms with E-state index in [2.05, 4.69) is 15.5 Å². The van der Waals surface area contributed by atoms with Crippen molar-refractivity contribution < 1.29 is 24.2 Å². The number of β-lactam (4-membered cyclic amide) rings is 1. The van der Waals surface area contributed by atoms with Crippen molar-refractivity contribution >= 4 is 52.6 Å². The van der Waals surface area contributed by atoms with E-state index in [4.69, 9.17) is 4.74 Å². The molecule has 1 saturated heterocycles. The number of nitrogens with one attached hydrogen (secondary N) is 1. The number of amides is 2. The molecule has 0 saturated carbocycles. The second-order valence-electron chi connectivity index (χ2n) is 6.69. The number of carboxylic acid groups (broad SMARTS) is 1. The number of carbonyl (C=O) groups excluding carboxylic acids is 2. The van der Waals surface area contributed by atoms with E-state index in [-0.39, 0.29) is 12.3 Å². The van der Waals surface area contributed by atoms with Crippen molar-refractivity contribution in [2.45, 2.75) is 22.7 Å². The maximum atomic E-state index is 12.7. The number of nitrogens with zero attached hydrogens (tertiary/aromatic N) is 3. The number of carbonyl (C=O) groups is 3. The number of aryl methyl sites for hydroxylation is 1. The first-order valence-electron chi connectivity index (χ1n) is 9.24. The van der Waals surface area contributed by atoms with E-state index < -0.39 is 29.2 Å². The average molecular weight is 479 g/mol. The molecule has 1 aromatic heterocycles. The van der Waals surface area contributed by atoms with E-state index in [1.54, 1.807) is 24.3 Å². The number of fused-ring (bicyclic) bond motifs is 1. The predicted molar refractivity (Wildman–Crippen MR) is 117 cm³/mol. The second kappa shape index (κ2) is 9.28. The van der Waals surface area contributed by atoms with Gasteiger partial charge in [-0.3, -0.25) is 14.5 Å². The maximum absolute atomic E-state index is 12.7. The van der Waals surface area contributed by atoms with Gasteiger partial charge in [-0.15, -0.1) is 22.0 Å². The summed E-state index contributed by atoms with van der Waals surface area (Å²) in [6.45, 7) is 1.62. The van der Waals surface area contributed by atoms with Gasteiger partial charge in [0.25, 0.3) is 11.8 Å². The number of hydrogen-bond donors (Lipinski definition) is 2. The van der Waals surface area contributed by atoms with Crippen LogP contribution in [0.3, 0.4) is 0 Å². The molecule has 0 unspecified atom stereocenters. The molecule has 3 heterocycles. The number of rotatable bonds is 8. The van der Waals surface area contributed by atoms with Crippen LogP contribution in [0.5, 0.6) is 5.75 Å². The first kappa shape index (κ1) is 21.7. The van der Waals surface area contributed by atoms with E-state index in [1.165, 1.54) is 39.8 Å². The van der Waals surface area contributed by atoms with Crippen molar-refractivity contribution in [3.63, 3.8) is 0 Å². The molecule has 0 aliphatic carbocycles. The number of para-hydroxylation sites is 1. The van der Waals surface area contributed by atoms with Gasteiger partial charge >= 0.3 is 5.97 Å². The Morgan fingerprint density at radius 2 is 2.10 bits per heavy atom. The van der Waals surface area contributed by atoms with Gasteiger partial charge in [-0.1, -0.05) is 41.3 Å². The van der Waals surface area contributed by atoms with Crippen LogP contribution in [0, 0.1) is 6.92 Å². The Morgan fingerprint density at radius 1 is 1.32 bits per heavy atom. The SMILES string of the molecule is Cc1nnc(SCC2=C(C(=O)O)N3C(=O)[C@@H](NC(=O)COc4ccccc4)[C@H]3SC2)s1. The summed E-state index contributed by atoms with van der Waals surface area (Å²) in [7, 11) is 0. The summed E-state index contributed by atoms with van der Waals surface area (Å²) < 4.78 is 6.15. The Balaban J connectivity index is 1.38. The molecule has 2 aromatic rings. The second-order valence-corrected chi connectivity index (χ2v) is 10.2. The number of ether oxygens (including phenoxy) is 1. The Labute approximate surface area is 190 Å². The molecule has 0 bridgehead atoms. The lowest BCUT2D eigenvalue weighted by Crippen LogP contribution is -2.70. The minimum absolute atomic E-state index is 0.00600. The molecule has 9 nitrogen and oxygen atoms in total. The predicted octanol–water partition coefficient (Wildman–Crippen LogP) is 1.76. The summed E-state index contributed by atoms with van der Waals surface area (Å²) >= 11 is 4.27. The van der Waals surface area contributed by atoms with E-state index >= 15 is 0 Å². The molecule has 162 valence electrons. The van der Waals surface area contributed by atoms with E-state index in [0.717, 1.165) is 9.35 Å². The molecule has 0 spiro atoms. The van der Waals surface area contributed by atoms with Crippen molar-refractivity contribution in [2.75, 3.05) is 18.1 Å². The van der Waals surface area contributed by atoms with E-state index in [9.17, 15) is 19.5 Å². The van der Waals surface area contributed by atoms with Crippen molar-refractivity contribution in [1.29, 1.82) is 0 Å². The molecule has 2 amide bonds. The van der Waals surface area contributed by atoms with Crippen LogP contribution >= 0.6 is 34.9 Å². The Morgan fingerprint density at radius 3 is 2.77 bits per heavy atom. The van der Waals surface area contributed by atoms with E-state index in [1.807, 2.05) is 13.0 Å². The first-order valence-corrected chi connectivity index (χ1v) is 12.1. The van der Waals surface area contributed by atoms with Gasteiger partial charge in [0.1, 0.15) is 27.9 Å². The molecule has 31 heavy (non-hydrogen) atoms. The standard InChI is InChI=1S/C19H18N4O5S3/c1-10-21-22-19(31-10)30-9-11-8-29-17-14(16(25)23(17)15(11)18(26)27)20-13(24)7-28-12-5-3-2-4-6-12/h2-6,14,17H,7-9H2,1H3,(H,20,24)(H,26,27)/t14-,17-/m1/s1. The van der Waals surface area contributed by atoms with Gasteiger partial charge in [0, 0.05) is 11.5 Å². The maximum Gasteiger partial charge on any atom is 0.352 e. The average Bonchev–Trinajstić information content (AvgIpc) is 3.19. The summed E-state index contributed by atoms with van der Waals surface area (Å²) in [5, 5.41) is 20.8. The molecule has 4 rings (SSSR count). The Kier molecular flexibility index (Phi) is 6.49. The number of carboxylic acids is 1. The molecule has 0 radical (unpaired) electrons. The number of thioether (sulfide) groups is 2. The monoisotopic (exact) mass is 478 g/mol. The highest BCUT2D eigenvalue weighted by molar-refractivity contribution is 8.01. The van der Waals surface area contributed by atoms with Crippen LogP contribution in [-0.2, 0) is 14.4 Å². The van der Waals surface area contributed by atoms with Gasteiger partial charge in [0.15, 0.2) is 10.9 Å². The third kappa shape index (κ3) is 4.70. The molecular formula is C19H18N4O5S3. The molecule has 12 heteroatoms. The Hall–Kier alpha value is -2.57. The third-order valence-corrected chi connectivity index (χ3v) is 7.95. The molecule has 2 N–H and O–H groups in total. The lowest BCUT2D eigenvalue weighted by Gasteiger charge is -2.49. The molecular weight excluding hydrogens is 460 g/mol. The van der Waals surface area contributed by atoms with Crippen molar-refractivity contribution in [2.24, 2.45) is 0 Å². The van der Waals surface area contributed by atoms with Crippen LogP contribution < -0.4 is 10.1 Å². The van der Waals surface area contributed by atoms with Gasteiger partial charge in [0.05, 0.1) is 0 Å².